The van der Waals surface area contributed by atoms with Gasteiger partial charge in [0.2, 0.25) is 5.91 Å². The highest BCUT2D eigenvalue weighted by molar-refractivity contribution is 5.90. The fraction of sp³-hybridized carbons (Fsp3) is 0.364. The molecule has 3 heterocycles. The molecule has 7 nitrogen and oxygen atoms in total. The molecule has 0 atom stereocenters. The summed E-state index contributed by atoms with van der Waals surface area (Å²) in [5, 5.41) is 8.05. The van der Waals surface area contributed by atoms with Crippen LogP contribution in [0.2, 0.25) is 0 Å². The van der Waals surface area contributed by atoms with Gasteiger partial charge in [0.15, 0.2) is 0 Å². The first kappa shape index (κ1) is 20.7. The first-order valence-electron chi connectivity index (χ1n) is 9.77. The molecular weight excluding hydrogens is 370 g/mol. The molecule has 154 valence electrons. The second-order valence-electron chi connectivity index (χ2n) is 7.20. The maximum Gasteiger partial charge on any atom is 0.290 e. The molecule has 1 aliphatic rings. The van der Waals surface area contributed by atoms with Gasteiger partial charge in [0, 0.05) is 54.9 Å². The third kappa shape index (κ3) is 5.26. The number of aromatic amines is 1. The summed E-state index contributed by atoms with van der Waals surface area (Å²) < 4.78 is 5.16. The third-order valence-corrected chi connectivity index (χ3v) is 5.28. The van der Waals surface area contributed by atoms with Gasteiger partial charge in [0.1, 0.15) is 0 Å². The van der Waals surface area contributed by atoms with Crippen molar-refractivity contribution < 1.29 is 19.1 Å². The molecular formula is C22H27N3O4. The summed E-state index contributed by atoms with van der Waals surface area (Å²) in [5.41, 5.74) is 4.52. The Kier molecular flexibility index (Phi) is 7.08. The molecule has 0 radical (unpaired) electrons. The van der Waals surface area contributed by atoms with Gasteiger partial charge in [-0.1, -0.05) is 18.2 Å². The Balaban J connectivity index is 0.000000755. The molecule has 2 N–H and O–H groups in total. The van der Waals surface area contributed by atoms with Gasteiger partial charge >= 0.3 is 0 Å². The van der Waals surface area contributed by atoms with Gasteiger partial charge in [0.05, 0.1) is 18.9 Å². The molecule has 0 aliphatic carbocycles. The normalized spacial score (nSPS) is 14.9. The highest BCUT2D eigenvalue weighted by Gasteiger charge is 2.21. The van der Waals surface area contributed by atoms with Crippen molar-refractivity contribution in [3.63, 3.8) is 0 Å². The van der Waals surface area contributed by atoms with Crippen LogP contribution in [0.1, 0.15) is 23.2 Å². The van der Waals surface area contributed by atoms with Crippen LogP contribution >= 0.6 is 0 Å². The standard InChI is InChI=1S/C21H25N3O2.CH2O2/c1-16-19(18-5-2-3-6-20(18)22-16)13-21(25)24-9-4-8-23(10-11-24)14-17-7-12-26-15-17;2-1-3/h2-3,5-7,12,15,22H,4,8-11,13-14H2,1H3;1H,(H,2,3). The predicted octanol–water partition coefficient (Wildman–Crippen LogP) is 3.05. The SMILES string of the molecule is Cc1[nH]c2ccccc2c1CC(=O)N1CCCN(Cc2ccoc2)CC1.O=CO. The van der Waals surface area contributed by atoms with Crippen LogP contribution in [0.25, 0.3) is 10.9 Å². The monoisotopic (exact) mass is 397 g/mol. The quantitative estimate of drug-likeness (QED) is 0.661. The molecule has 1 fully saturated rings. The van der Waals surface area contributed by atoms with E-state index in [2.05, 4.69) is 28.9 Å². The summed E-state index contributed by atoms with van der Waals surface area (Å²) in [6.07, 6.45) is 4.99. The maximum absolute atomic E-state index is 12.9. The van der Waals surface area contributed by atoms with E-state index >= 15 is 0 Å². The van der Waals surface area contributed by atoms with E-state index in [-0.39, 0.29) is 12.4 Å². The van der Waals surface area contributed by atoms with Crippen molar-refractivity contribution >= 4 is 23.3 Å². The Hall–Kier alpha value is -3.06. The number of H-pyrrole nitrogens is 1. The minimum atomic E-state index is -0.250. The lowest BCUT2D eigenvalue weighted by molar-refractivity contribution is -0.130. The van der Waals surface area contributed by atoms with E-state index in [1.165, 1.54) is 5.56 Å². The Morgan fingerprint density at radius 1 is 1.21 bits per heavy atom. The number of aromatic nitrogens is 1. The molecule has 0 saturated carbocycles. The van der Waals surface area contributed by atoms with E-state index in [0.29, 0.717) is 6.42 Å². The van der Waals surface area contributed by atoms with Crippen LogP contribution in [0.4, 0.5) is 0 Å². The number of furan rings is 1. The van der Waals surface area contributed by atoms with Gasteiger partial charge in [-0.25, -0.2) is 0 Å². The van der Waals surface area contributed by atoms with E-state index in [1.54, 1.807) is 12.5 Å². The molecule has 3 aromatic rings. The fourth-order valence-corrected chi connectivity index (χ4v) is 3.84. The number of fused-ring (bicyclic) bond motifs is 1. The van der Waals surface area contributed by atoms with Crippen molar-refractivity contribution in [3.8, 4) is 0 Å². The average molecular weight is 397 g/mol. The maximum atomic E-state index is 12.9. The highest BCUT2D eigenvalue weighted by Crippen LogP contribution is 2.23. The summed E-state index contributed by atoms with van der Waals surface area (Å²) in [5.74, 6) is 0.225. The van der Waals surface area contributed by atoms with Crippen molar-refractivity contribution in [1.82, 2.24) is 14.8 Å². The second kappa shape index (κ2) is 9.93. The first-order valence-corrected chi connectivity index (χ1v) is 9.77. The van der Waals surface area contributed by atoms with Crippen LogP contribution in [0.5, 0.6) is 0 Å². The average Bonchev–Trinajstić information content (AvgIpc) is 3.25. The predicted molar refractivity (Wildman–Crippen MR) is 111 cm³/mol. The Morgan fingerprint density at radius 3 is 2.76 bits per heavy atom. The summed E-state index contributed by atoms with van der Waals surface area (Å²) in [6, 6.07) is 10.2. The molecule has 7 heteroatoms. The summed E-state index contributed by atoms with van der Waals surface area (Å²) >= 11 is 0. The van der Waals surface area contributed by atoms with E-state index in [0.717, 1.165) is 61.3 Å². The summed E-state index contributed by atoms with van der Waals surface area (Å²) in [6.45, 7) is 6.24. The number of benzene rings is 1. The lowest BCUT2D eigenvalue weighted by Gasteiger charge is -2.22. The number of amides is 1. The van der Waals surface area contributed by atoms with E-state index < -0.39 is 0 Å². The van der Waals surface area contributed by atoms with Gasteiger partial charge in [-0.05, 0) is 31.0 Å². The van der Waals surface area contributed by atoms with Crippen LogP contribution in [0.3, 0.4) is 0 Å². The molecule has 1 saturated heterocycles. The second-order valence-corrected chi connectivity index (χ2v) is 7.20. The molecule has 0 bridgehead atoms. The number of carboxylic acid groups (broad SMARTS) is 1. The zero-order chi connectivity index (χ0) is 20.6. The van der Waals surface area contributed by atoms with E-state index in [1.807, 2.05) is 23.1 Å². The van der Waals surface area contributed by atoms with Crippen molar-refractivity contribution in [2.45, 2.75) is 26.3 Å². The number of para-hydroxylation sites is 1. The van der Waals surface area contributed by atoms with Crippen LogP contribution in [0, 0.1) is 6.92 Å². The number of carbonyl (C=O) groups excluding carboxylic acids is 1. The molecule has 1 aliphatic heterocycles. The molecule has 1 amide bonds. The minimum Gasteiger partial charge on any atom is -0.483 e. The smallest absolute Gasteiger partial charge is 0.290 e. The fourth-order valence-electron chi connectivity index (χ4n) is 3.84. The zero-order valence-corrected chi connectivity index (χ0v) is 16.6. The number of nitrogens with zero attached hydrogens (tertiary/aromatic N) is 2. The molecule has 4 rings (SSSR count). The lowest BCUT2D eigenvalue weighted by Crippen LogP contribution is -2.36. The van der Waals surface area contributed by atoms with Crippen molar-refractivity contribution in [1.29, 1.82) is 0 Å². The zero-order valence-electron chi connectivity index (χ0n) is 16.6. The van der Waals surface area contributed by atoms with Crippen molar-refractivity contribution in [2.24, 2.45) is 0 Å². The largest absolute Gasteiger partial charge is 0.483 e. The highest BCUT2D eigenvalue weighted by atomic mass is 16.3. The number of rotatable bonds is 4. The van der Waals surface area contributed by atoms with Crippen molar-refractivity contribution in [2.75, 3.05) is 26.2 Å². The molecule has 1 aromatic carbocycles. The molecule has 0 unspecified atom stereocenters. The molecule has 2 aromatic heterocycles. The lowest BCUT2D eigenvalue weighted by atomic mass is 10.1. The van der Waals surface area contributed by atoms with E-state index in [9.17, 15) is 4.79 Å². The number of carbonyl (C=O) groups is 2. The summed E-state index contributed by atoms with van der Waals surface area (Å²) in [4.78, 5) is 29.1. The first-order chi connectivity index (χ1) is 14.1. The molecule has 29 heavy (non-hydrogen) atoms. The van der Waals surface area contributed by atoms with Gasteiger partial charge in [-0.3, -0.25) is 14.5 Å². The van der Waals surface area contributed by atoms with Crippen LogP contribution in [-0.4, -0.2) is 58.4 Å². The van der Waals surface area contributed by atoms with Gasteiger partial charge in [-0.15, -0.1) is 0 Å². The van der Waals surface area contributed by atoms with Crippen molar-refractivity contribution in [3.05, 3.63) is 59.7 Å². The number of nitrogens with one attached hydrogen (secondary N) is 1. The van der Waals surface area contributed by atoms with Gasteiger partial charge < -0.3 is 19.4 Å². The van der Waals surface area contributed by atoms with E-state index in [4.69, 9.17) is 14.3 Å². The van der Waals surface area contributed by atoms with Crippen LogP contribution < -0.4 is 0 Å². The van der Waals surface area contributed by atoms with Crippen LogP contribution in [-0.2, 0) is 22.6 Å². The Labute approximate surface area is 169 Å². The Bertz CT molecular complexity index is 933. The molecule has 0 spiro atoms. The third-order valence-electron chi connectivity index (χ3n) is 5.28. The number of aryl methyl sites for hydroxylation is 1. The summed E-state index contributed by atoms with van der Waals surface area (Å²) in [7, 11) is 0. The topological polar surface area (TPSA) is 89.8 Å². The Morgan fingerprint density at radius 2 is 2.00 bits per heavy atom. The van der Waals surface area contributed by atoms with Gasteiger partial charge in [0.25, 0.3) is 6.47 Å². The minimum absolute atomic E-state index is 0.225. The number of hydrogen-bond donors (Lipinski definition) is 2. The number of hydrogen-bond acceptors (Lipinski definition) is 4. The van der Waals surface area contributed by atoms with Gasteiger partial charge in [-0.2, -0.15) is 0 Å². The van der Waals surface area contributed by atoms with Crippen LogP contribution in [0.15, 0.2) is 47.3 Å².